The second-order valence-corrected chi connectivity index (χ2v) is 6.55. The molecule has 3 aromatic rings. The average molecular weight is 367 g/mol. The van der Waals surface area contributed by atoms with E-state index < -0.39 is 0 Å². The van der Waals surface area contributed by atoms with Crippen molar-refractivity contribution >= 4 is 22.8 Å². The van der Waals surface area contributed by atoms with E-state index >= 15 is 0 Å². The van der Waals surface area contributed by atoms with Crippen LogP contribution in [-0.2, 0) is 6.54 Å². The number of carbonyl (C=O) groups is 1. The Morgan fingerprint density at radius 2 is 1.89 bits per heavy atom. The number of nitrogens with zero attached hydrogens (tertiary/aromatic N) is 3. The van der Waals surface area contributed by atoms with E-state index in [9.17, 15) is 4.79 Å². The standard InChI is InChI=1S/C20H25N5O2/c1-12-13(2)23-19(21)17-18(12)25(14(3)24-17)11-5-10-22-20(26)15-6-8-16(27-4)9-7-15/h6-9H,5,10-11H2,1-4H3,(H2,21,23)(H,22,26). The van der Waals surface area contributed by atoms with Crippen molar-refractivity contribution < 1.29 is 9.53 Å². The average Bonchev–Trinajstić information content (AvgIpc) is 3.00. The zero-order valence-corrected chi connectivity index (χ0v) is 16.2. The summed E-state index contributed by atoms with van der Waals surface area (Å²) in [5, 5.41) is 2.95. The lowest BCUT2D eigenvalue weighted by molar-refractivity contribution is 0.0952. The molecule has 7 heteroatoms. The molecule has 142 valence electrons. The van der Waals surface area contributed by atoms with Crippen molar-refractivity contribution in [3.63, 3.8) is 0 Å². The third kappa shape index (κ3) is 3.72. The highest BCUT2D eigenvalue weighted by Crippen LogP contribution is 2.25. The maximum absolute atomic E-state index is 12.2. The maximum atomic E-state index is 12.2. The van der Waals surface area contributed by atoms with Gasteiger partial charge < -0.3 is 20.4 Å². The minimum absolute atomic E-state index is 0.0923. The molecule has 0 radical (unpaired) electrons. The first-order valence-electron chi connectivity index (χ1n) is 8.94. The number of amides is 1. The summed E-state index contributed by atoms with van der Waals surface area (Å²) >= 11 is 0. The number of imidazole rings is 1. The Labute approximate surface area is 158 Å². The Hall–Kier alpha value is -3.09. The minimum atomic E-state index is -0.0923. The molecule has 27 heavy (non-hydrogen) atoms. The van der Waals surface area contributed by atoms with Gasteiger partial charge in [0, 0.05) is 24.3 Å². The van der Waals surface area contributed by atoms with Gasteiger partial charge in [-0.05, 0) is 57.0 Å². The molecule has 0 aliphatic rings. The van der Waals surface area contributed by atoms with Gasteiger partial charge in [-0.2, -0.15) is 0 Å². The molecule has 0 saturated carbocycles. The summed E-state index contributed by atoms with van der Waals surface area (Å²) in [4.78, 5) is 21.2. The molecule has 0 aliphatic carbocycles. The van der Waals surface area contributed by atoms with E-state index in [-0.39, 0.29) is 5.91 Å². The fourth-order valence-electron chi connectivity index (χ4n) is 3.17. The molecule has 2 heterocycles. The van der Waals surface area contributed by atoms with Crippen LogP contribution < -0.4 is 15.8 Å². The number of carbonyl (C=O) groups excluding carboxylic acids is 1. The Balaban J connectivity index is 1.65. The lowest BCUT2D eigenvalue weighted by Gasteiger charge is -2.11. The zero-order chi connectivity index (χ0) is 19.6. The van der Waals surface area contributed by atoms with Gasteiger partial charge in [-0.1, -0.05) is 0 Å². The van der Waals surface area contributed by atoms with Crippen LogP contribution in [0.5, 0.6) is 5.75 Å². The number of rotatable bonds is 6. The number of nitrogens with one attached hydrogen (secondary N) is 1. The molecule has 0 bridgehead atoms. The van der Waals surface area contributed by atoms with Gasteiger partial charge in [0.1, 0.15) is 17.1 Å². The van der Waals surface area contributed by atoms with Crippen molar-refractivity contribution in [2.75, 3.05) is 19.4 Å². The lowest BCUT2D eigenvalue weighted by Crippen LogP contribution is -2.25. The number of aryl methyl sites for hydroxylation is 4. The van der Waals surface area contributed by atoms with Crippen molar-refractivity contribution in [2.45, 2.75) is 33.7 Å². The normalized spacial score (nSPS) is 11.0. The van der Waals surface area contributed by atoms with Crippen LogP contribution in [0.3, 0.4) is 0 Å². The number of aromatic nitrogens is 3. The third-order valence-electron chi connectivity index (χ3n) is 4.78. The number of anilines is 1. The molecule has 3 N–H and O–H groups in total. The Morgan fingerprint density at radius 3 is 2.56 bits per heavy atom. The number of pyridine rings is 1. The van der Waals surface area contributed by atoms with Crippen molar-refractivity contribution in [3.05, 3.63) is 46.9 Å². The highest BCUT2D eigenvalue weighted by atomic mass is 16.5. The van der Waals surface area contributed by atoms with Gasteiger partial charge in [-0.3, -0.25) is 4.79 Å². The summed E-state index contributed by atoms with van der Waals surface area (Å²) in [5.41, 5.74) is 10.4. The summed E-state index contributed by atoms with van der Waals surface area (Å²) < 4.78 is 7.26. The number of nitrogen functional groups attached to an aromatic ring is 1. The molecule has 0 spiro atoms. The summed E-state index contributed by atoms with van der Waals surface area (Å²) in [6.07, 6.45) is 0.787. The third-order valence-corrected chi connectivity index (χ3v) is 4.78. The summed E-state index contributed by atoms with van der Waals surface area (Å²) in [7, 11) is 1.60. The van der Waals surface area contributed by atoms with Crippen LogP contribution in [0.2, 0.25) is 0 Å². The van der Waals surface area contributed by atoms with E-state index in [2.05, 4.69) is 19.9 Å². The molecule has 0 unspecified atom stereocenters. The Kier molecular flexibility index (Phi) is 5.30. The van der Waals surface area contributed by atoms with E-state index in [1.165, 1.54) is 0 Å². The number of nitrogens with two attached hydrogens (primary N) is 1. The zero-order valence-electron chi connectivity index (χ0n) is 16.2. The first kappa shape index (κ1) is 18.7. The van der Waals surface area contributed by atoms with Gasteiger partial charge in [0.05, 0.1) is 12.6 Å². The quantitative estimate of drug-likeness (QED) is 0.653. The largest absolute Gasteiger partial charge is 0.497 e. The van der Waals surface area contributed by atoms with E-state index in [0.717, 1.165) is 46.8 Å². The molecule has 2 aromatic heterocycles. The van der Waals surface area contributed by atoms with Gasteiger partial charge in [0.25, 0.3) is 5.91 Å². The van der Waals surface area contributed by atoms with E-state index in [1.54, 1.807) is 31.4 Å². The first-order valence-corrected chi connectivity index (χ1v) is 8.94. The van der Waals surface area contributed by atoms with Crippen molar-refractivity contribution in [1.82, 2.24) is 19.9 Å². The number of benzene rings is 1. The fourth-order valence-corrected chi connectivity index (χ4v) is 3.17. The molecule has 1 amide bonds. The minimum Gasteiger partial charge on any atom is -0.497 e. The predicted octanol–water partition coefficient (Wildman–Crippen LogP) is 2.77. The number of hydrogen-bond donors (Lipinski definition) is 2. The summed E-state index contributed by atoms with van der Waals surface area (Å²) in [5.74, 6) is 2.00. The number of fused-ring (bicyclic) bond motifs is 1. The molecule has 0 saturated heterocycles. The van der Waals surface area contributed by atoms with Gasteiger partial charge in [0.15, 0.2) is 5.82 Å². The number of methoxy groups -OCH3 is 1. The molecule has 3 rings (SSSR count). The van der Waals surface area contributed by atoms with E-state index in [4.69, 9.17) is 10.5 Å². The van der Waals surface area contributed by atoms with Gasteiger partial charge in [0.2, 0.25) is 0 Å². The van der Waals surface area contributed by atoms with Crippen LogP contribution in [0, 0.1) is 20.8 Å². The smallest absolute Gasteiger partial charge is 0.251 e. The molecule has 0 aliphatic heterocycles. The maximum Gasteiger partial charge on any atom is 0.251 e. The summed E-state index contributed by atoms with van der Waals surface area (Å²) in [6, 6.07) is 7.06. The van der Waals surface area contributed by atoms with Crippen LogP contribution in [0.15, 0.2) is 24.3 Å². The predicted molar refractivity (Wildman–Crippen MR) is 106 cm³/mol. The SMILES string of the molecule is COc1ccc(C(=O)NCCCn2c(C)nc3c(N)nc(C)c(C)c32)cc1. The van der Waals surface area contributed by atoms with Gasteiger partial charge >= 0.3 is 0 Å². The summed E-state index contributed by atoms with van der Waals surface area (Å²) in [6.45, 7) is 7.27. The second kappa shape index (κ2) is 7.65. The van der Waals surface area contributed by atoms with Crippen LogP contribution in [0.25, 0.3) is 11.0 Å². The van der Waals surface area contributed by atoms with Crippen molar-refractivity contribution in [3.8, 4) is 5.75 Å². The van der Waals surface area contributed by atoms with Crippen LogP contribution >= 0.6 is 0 Å². The van der Waals surface area contributed by atoms with E-state index in [1.807, 2.05) is 20.8 Å². The molecule has 0 fully saturated rings. The molecule has 0 atom stereocenters. The molecule has 7 nitrogen and oxygen atoms in total. The van der Waals surface area contributed by atoms with Crippen molar-refractivity contribution in [1.29, 1.82) is 0 Å². The molecule has 1 aromatic carbocycles. The Morgan fingerprint density at radius 1 is 1.19 bits per heavy atom. The first-order chi connectivity index (χ1) is 12.9. The number of ether oxygens (including phenoxy) is 1. The number of hydrogen-bond acceptors (Lipinski definition) is 5. The highest BCUT2D eigenvalue weighted by Gasteiger charge is 2.15. The van der Waals surface area contributed by atoms with Crippen LogP contribution in [0.4, 0.5) is 5.82 Å². The monoisotopic (exact) mass is 367 g/mol. The second-order valence-electron chi connectivity index (χ2n) is 6.55. The van der Waals surface area contributed by atoms with Gasteiger partial charge in [-0.25, -0.2) is 9.97 Å². The Bertz CT molecular complexity index is 976. The van der Waals surface area contributed by atoms with Crippen LogP contribution in [0.1, 0.15) is 33.9 Å². The highest BCUT2D eigenvalue weighted by molar-refractivity contribution is 5.94. The lowest BCUT2D eigenvalue weighted by atomic mass is 10.2. The van der Waals surface area contributed by atoms with Crippen molar-refractivity contribution in [2.24, 2.45) is 0 Å². The van der Waals surface area contributed by atoms with E-state index in [0.29, 0.717) is 17.9 Å². The topological polar surface area (TPSA) is 95.1 Å². The van der Waals surface area contributed by atoms with Gasteiger partial charge in [-0.15, -0.1) is 0 Å². The van der Waals surface area contributed by atoms with Crippen LogP contribution in [-0.4, -0.2) is 34.1 Å². The fraction of sp³-hybridized carbons (Fsp3) is 0.350. The molecular weight excluding hydrogens is 342 g/mol. The molecular formula is C20H25N5O2.